The van der Waals surface area contributed by atoms with Crippen LogP contribution in [0.4, 0.5) is 0 Å². The highest BCUT2D eigenvalue weighted by atomic mass is 16.2. The van der Waals surface area contributed by atoms with Gasteiger partial charge in [0.1, 0.15) is 11.8 Å². The third-order valence-corrected chi connectivity index (χ3v) is 5.89. The second-order valence-corrected chi connectivity index (χ2v) is 7.47. The van der Waals surface area contributed by atoms with Crippen LogP contribution in [0.1, 0.15) is 48.0 Å². The molecule has 1 saturated carbocycles. The number of imide groups is 1. The minimum atomic E-state index is -1.06. The number of hydrogen-bond acceptors (Lipinski definition) is 5. The highest BCUT2D eigenvalue weighted by Gasteiger charge is 2.59. The molecule has 2 amide bonds. The highest BCUT2D eigenvalue weighted by molar-refractivity contribution is 6.08. The lowest BCUT2D eigenvalue weighted by atomic mass is 9.57. The van der Waals surface area contributed by atoms with Crippen LogP contribution in [0.3, 0.4) is 0 Å². The van der Waals surface area contributed by atoms with E-state index in [0.717, 1.165) is 29.7 Å². The van der Waals surface area contributed by atoms with Gasteiger partial charge in [-0.2, -0.15) is 10.5 Å². The Hall–Kier alpha value is -2.99. The predicted molar refractivity (Wildman–Crippen MR) is 96.0 cm³/mol. The minimum absolute atomic E-state index is 0.385. The number of amides is 2. The van der Waals surface area contributed by atoms with E-state index in [4.69, 9.17) is 0 Å². The Bertz CT molecular complexity index is 818. The summed E-state index contributed by atoms with van der Waals surface area (Å²) in [6.07, 6.45) is 3.58. The van der Waals surface area contributed by atoms with Gasteiger partial charge in [-0.3, -0.25) is 19.3 Å². The van der Waals surface area contributed by atoms with Crippen molar-refractivity contribution in [3.63, 3.8) is 0 Å². The number of nitriles is 2. The van der Waals surface area contributed by atoms with Crippen molar-refractivity contribution in [3.8, 4) is 12.1 Å². The lowest BCUT2D eigenvalue weighted by molar-refractivity contribution is -0.162. The van der Waals surface area contributed by atoms with Crippen LogP contribution in [-0.4, -0.2) is 29.0 Å². The van der Waals surface area contributed by atoms with Gasteiger partial charge in [-0.1, -0.05) is 49.1 Å². The first kappa shape index (κ1) is 18.8. The highest BCUT2D eigenvalue weighted by Crippen LogP contribution is 2.51. The molecule has 138 valence electrons. The second kappa shape index (κ2) is 7.32. The fraction of sp³-hybridized carbons (Fsp3) is 0.476. The molecule has 27 heavy (non-hydrogen) atoms. The lowest BCUT2D eigenvalue weighted by Crippen LogP contribution is -2.60. The lowest BCUT2D eigenvalue weighted by Gasteiger charge is -2.47. The Morgan fingerprint density at radius 1 is 1.04 bits per heavy atom. The molecule has 1 aromatic carbocycles. The monoisotopic (exact) mass is 363 g/mol. The Kier molecular flexibility index (Phi) is 5.10. The normalized spacial score (nSPS) is 24.3. The summed E-state index contributed by atoms with van der Waals surface area (Å²) < 4.78 is 0. The first-order valence-electron chi connectivity index (χ1n) is 9.19. The molecule has 2 aliphatic rings. The van der Waals surface area contributed by atoms with Crippen LogP contribution in [0, 0.1) is 46.8 Å². The first-order chi connectivity index (χ1) is 12.9. The summed E-state index contributed by atoms with van der Waals surface area (Å²) >= 11 is 0. The largest absolute Gasteiger partial charge is 0.292 e. The van der Waals surface area contributed by atoms with E-state index in [1.165, 1.54) is 0 Å². The molecule has 1 heterocycles. The average Bonchev–Trinajstić information content (AvgIpc) is 2.67. The molecule has 0 N–H and O–H groups in total. The Labute approximate surface area is 158 Å². The number of likely N-dealkylation sites (tertiary alicyclic amines) is 1. The minimum Gasteiger partial charge on any atom is -0.292 e. The number of nitrogens with zero attached hydrogens (tertiary/aromatic N) is 3. The van der Waals surface area contributed by atoms with E-state index in [1.54, 1.807) is 24.3 Å². The molecule has 2 fully saturated rings. The molecule has 0 unspecified atom stereocenters. The van der Waals surface area contributed by atoms with E-state index in [2.05, 4.69) is 0 Å². The van der Waals surface area contributed by atoms with Crippen LogP contribution in [0.15, 0.2) is 24.3 Å². The van der Waals surface area contributed by atoms with E-state index in [1.807, 2.05) is 19.1 Å². The fourth-order valence-electron chi connectivity index (χ4n) is 4.36. The maximum atomic E-state index is 12.9. The maximum absolute atomic E-state index is 12.9. The van der Waals surface area contributed by atoms with Crippen LogP contribution in [0.25, 0.3) is 0 Å². The molecule has 1 saturated heterocycles. The van der Waals surface area contributed by atoms with Gasteiger partial charge < -0.3 is 0 Å². The first-order valence-corrected chi connectivity index (χ1v) is 9.19. The number of benzene rings is 1. The number of ketones is 1. The van der Waals surface area contributed by atoms with E-state index in [-0.39, 0.29) is 5.78 Å². The third-order valence-electron chi connectivity index (χ3n) is 5.89. The van der Waals surface area contributed by atoms with Crippen molar-refractivity contribution in [2.75, 3.05) is 6.54 Å². The quantitative estimate of drug-likeness (QED) is 0.607. The van der Waals surface area contributed by atoms with Crippen LogP contribution in [-0.2, 0) is 9.59 Å². The average molecular weight is 363 g/mol. The topological polar surface area (TPSA) is 102 Å². The predicted octanol–water partition coefficient (Wildman–Crippen LogP) is 2.78. The zero-order valence-electron chi connectivity index (χ0n) is 15.3. The second-order valence-electron chi connectivity index (χ2n) is 7.47. The number of carbonyl (C=O) groups is 3. The number of rotatable bonds is 3. The van der Waals surface area contributed by atoms with Crippen molar-refractivity contribution in [2.24, 2.45) is 17.3 Å². The van der Waals surface area contributed by atoms with Gasteiger partial charge in [0.05, 0.1) is 18.7 Å². The molecule has 1 aliphatic heterocycles. The van der Waals surface area contributed by atoms with E-state index in [9.17, 15) is 24.9 Å². The molecule has 0 radical (unpaired) electrons. The Morgan fingerprint density at radius 3 is 2.04 bits per heavy atom. The zero-order chi connectivity index (χ0) is 19.6. The summed E-state index contributed by atoms with van der Waals surface area (Å²) in [5.74, 6) is -3.80. The molecule has 2 atom stereocenters. The van der Waals surface area contributed by atoms with Crippen molar-refractivity contribution < 1.29 is 14.4 Å². The number of aryl methyl sites for hydroxylation is 1. The Balaban J connectivity index is 1.91. The number of carbonyl (C=O) groups excluding carboxylic acids is 3. The fourth-order valence-corrected chi connectivity index (χ4v) is 4.36. The smallest absolute Gasteiger partial charge is 0.247 e. The number of piperidine rings is 1. The van der Waals surface area contributed by atoms with Crippen LogP contribution < -0.4 is 0 Å². The summed E-state index contributed by atoms with van der Waals surface area (Å²) in [5, 5.41) is 19.3. The molecular weight excluding hydrogens is 342 g/mol. The van der Waals surface area contributed by atoms with E-state index in [0.29, 0.717) is 18.4 Å². The number of Topliss-reactive ketones (excluding diaryl/α,β-unsaturated/α-hetero) is 1. The van der Waals surface area contributed by atoms with Gasteiger partial charge in [0.15, 0.2) is 5.78 Å². The van der Waals surface area contributed by atoms with E-state index >= 15 is 0 Å². The molecule has 1 aliphatic carbocycles. The van der Waals surface area contributed by atoms with Crippen molar-refractivity contribution in [1.29, 1.82) is 10.5 Å². The maximum Gasteiger partial charge on any atom is 0.247 e. The Morgan fingerprint density at radius 2 is 1.56 bits per heavy atom. The molecule has 0 bridgehead atoms. The molecule has 0 aromatic heterocycles. The van der Waals surface area contributed by atoms with Gasteiger partial charge in [-0.05, 0) is 19.8 Å². The third kappa shape index (κ3) is 3.13. The molecular formula is C21H21N3O3. The van der Waals surface area contributed by atoms with E-state index < -0.39 is 35.6 Å². The van der Waals surface area contributed by atoms with Gasteiger partial charge in [0, 0.05) is 11.0 Å². The van der Waals surface area contributed by atoms with Crippen LogP contribution in [0.2, 0.25) is 0 Å². The standard InChI is InChI=1S/C21H21N3O3/c1-14-5-7-15(8-6-14)18(25)13-24-19(26)16(11-22)21(9-3-2-4-10-21)17(12-23)20(24)27/h5-8,16-17H,2-4,9-10,13H2,1H3/t16-,17+. The summed E-state index contributed by atoms with van der Waals surface area (Å²) in [6, 6.07) is 10.9. The molecule has 3 rings (SSSR count). The molecule has 6 nitrogen and oxygen atoms in total. The van der Waals surface area contributed by atoms with Gasteiger partial charge in [0.25, 0.3) is 0 Å². The summed E-state index contributed by atoms with van der Waals surface area (Å²) in [6.45, 7) is 1.46. The van der Waals surface area contributed by atoms with Crippen molar-refractivity contribution in [3.05, 3.63) is 35.4 Å². The SMILES string of the molecule is Cc1ccc(C(=O)CN2C(=O)[C@@H](C#N)C3(CCCCC3)[C@@H](C#N)C2=O)cc1. The van der Waals surface area contributed by atoms with Crippen molar-refractivity contribution in [2.45, 2.75) is 39.0 Å². The van der Waals surface area contributed by atoms with Crippen molar-refractivity contribution >= 4 is 17.6 Å². The summed E-state index contributed by atoms with van der Waals surface area (Å²) in [5.41, 5.74) is 0.463. The van der Waals surface area contributed by atoms with Crippen LogP contribution >= 0.6 is 0 Å². The van der Waals surface area contributed by atoms with Gasteiger partial charge in [-0.25, -0.2) is 0 Å². The molecule has 6 heteroatoms. The summed E-state index contributed by atoms with van der Waals surface area (Å²) in [4.78, 5) is 39.3. The summed E-state index contributed by atoms with van der Waals surface area (Å²) in [7, 11) is 0. The number of hydrogen-bond donors (Lipinski definition) is 0. The van der Waals surface area contributed by atoms with Crippen molar-refractivity contribution in [1.82, 2.24) is 4.90 Å². The molecule has 1 aromatic rings. The van der Waals surface area contributed by atoms with Gasteiger partial charge in [-0.15, -0.1) is 0 Å². The van der Waals surface area contributed by atoms with Gasteiger partial charge >= 0.3 is 0 Å². The van der Waals surface area contributed by atoms with Gasteiger partial charge in [0.2, 0.25) is 11.8 Å². The van der Waals surface area contributed by atoms with Crippen LogP contribution in [0.5, 0.6) is 0 Å². The zero-order valence-corrected chi connectivity index (χ0v) is 15.3. The molecule has 1 spiro atoms.